The molecule has 6 amide bonds. The van der Waals surface area contributed by atoms with Crippen LogP contribution in [0, 0.1) is 18.7 Å². The summed E-state index contributed by atoms with van der Waals surface area (Å²) in [6.45, 7) is 2.10. The molecular weight excluding hydrogens is 965 g/mol. The molecule has 19 nitrogen and oxygen atoms in total. The van der Waals surface area contributed by atoms with Crippen molar-refractivity contribution in [2.75, 3.05) is 37.4 Å². The Morgan fingerprint density at radius 3 is 2.34 bits per heavy atom. The fourth-order valence-electron chi connectivity index (χ4n) is 9.20. The lowest BCUT2D eigenvalue weighted by atomic mass is 9.93. The number of pyridine rings is 1. The Kier molecular flexibility index (Phi) is 13.4. The monoisotopic (exact) mass is 1010 g/mol. The Balaban J connectivity index is 0.781. The van der Waals surface area contributed by atoms with Crippen LogP contribution in [0.1, 0.15) is 64.1 Å². The molecule has 6 aromatic rings. The molecule has 2 saturated heterocycles. The lowest BCUT2D eigenvalue weighted by molar-refractivity contribution is -0.274. The Bertz CT molecular complexity index is 3340. The van der Waals surface area contributed by atoms with Crippen LogP contribution in [0.15, 0.2) is 77.9 Å². The number of imide groups is 1. The molecule has 0 spiro atoms. The molecule has 0 radical (unpaired) electrons. The van der Waals surface area contributed by atoms with E-state index in [4.69, 9.17) is 14.2 Å². The summed E-state index contributed by atoms with van der Waals surface area (Å²) >= 11 is 0. The van der Waals surface area contributed by atoms with E-state index in [2.05, 4.69) is 30.7 Å². The van der Waals surface area contributed by atoms with Gasteiger partial charge in [0.1, 0.15) is 23.7 Å². The lowest BCUT2D eigenvalue weighted by Crippen LogP contribution is -2.52. The van der Waals surface area contributed by atoms with Crippen molar-refractivity contribution in [1.82, 2.24) is 29.7 Å². The quantitative estimate of drug-likeness (QED) is 0.0855. The van der Waals surface area contributed by atoms with Crippen molar-refractivity contribution in [2.24, 2.45) is 13.0 Å². The van der Waals surface area contributed by atoms with Crippen molar-refractivity contribution in [2.45, 2.75) is 58.0 Å². The van der Waals surface area contributed by atoms with Gasteiger partial charge < -0.3 is 43.9 Å². The standard InChI is InChI=1S/C50H44F4N8O11/c1-25-44(45(66)33-19-30(73-50(52,53)54)6-8-36(33)60(25)2)47(68)58-29-5-10-38(34(51)18-29)72-48-32-20-39(70-3)40(21-35(32)55-24-56-48)71-23-43(65)61-14-12-26(13-15-61)16-42(64)57-28-4-7-31-27(17-28)22-62(49(31)69)37-9-11-41(63)59-46(37)67/h4-8,10,17-21,24,26,37H,9,11-16,22-23H2,1-3H3,(H,57,64)(H,58,68)(H,59,63,67). The molecule has 0 saturated carbocycles. The molecule has 3 aliphatic rings. The Morgan fingerprint density at radius 2 is 1.62 bits per heavy atom. The number of anilines is 2. The van der Waals surface area contributed by atoms with Crippen molar-refractivity contribution in [3.63, 3.8) is 0 Å². The van der Waals surface area contributed by atoms with Gasteiger partial charge in [0.15, 0.2) is 29.7 Å². The predicted octanol–water partition coefficient (Wildman–Crippen LogP) is 6.29. The summed E-state index contributed by atoms with van der Waals surface area (Å²) in [5.41, 5.74) is 1.04. The Morgan fingerprint density at radius 1 is 0.863 bits per heavy atom. The van der Waals surface area contributed by atoms with E-state index in [1.807, 2.05) is 0 Å². The maximum Gasteiger partial charge on any atom is 0.573 e. The average Bonchev–Trinajstić information content (AvgIpc) is 3.67. The summed E-state index contributed by atoms with van der Waals surface area (Å²) < 4.78 is 77.0. The number of aryl methyl sites for hydroxylation is 1. The maximum atomic E-state index is 15.6. The van der Waals surface area contributed by atoms with Crippen LogP contribution in [-0.2, 0) is 32.8 Å². The number of fused-ring (bicyclic) bond motifs is 3. The average molecular weight is 1010 g/mol. The molecule has 1 atom stereocenters. The number of hydrogen-bond acceptors (Lipinski definition) is 13. The highest BCUT2D eigenvalue weighted by molar-refractivity contribution is 6.07. The van der Waals surface area contributed by atoms with E-state index in [1.165, 1.54) is 67.2 Å². The van der Waals surface area contributed by atoms with Gasteiger partial charge in [0, 0.05) is 74.3 Å². The van der Waals surface area contributed by atoms with Crippen molar-refractivity contribution >= 4 is 68.6 Å². The number of amides is 6. The van der Waals surface area contributed by atoms with Gasteiger partial charge in [0.2, 0.25) is 29.0 Å². The highest BCUT2D eigenvalue weighted by Crippen LogP contribution is 2.38. The first-order valence-electron chi connectivity index (χ1n) is 22.8. The number of nitrogens with one attached hydrogen (secondary N) is 3. The Labute approximate surface area is 411 Å². The van der Waals surface area contributed by atoms with Crippen LogP contribution in [-0.4, -0.2) is 99.0 Å². The van der Waals surface area contributed by atoms with Gasteiger partial charge in [-0.05, 0) is 92.3 Å². The first kappa shape index (κ1) is 49.4. The summed E-state index contributed by atoms with van der Waals surface area (Å²) in [4.78, 5) is 102. The molecule has 378 valence electrons. The molecule has 23 heteroatoms. The number of hydrogen-bond donors (Lipinski definition) is 3. The van der Waals surface area contributed by atoms with Crippen LogP contribution >= 0.6 is 0 Å². The Hall–Kier alpha value is -8.63. The third-order valence-electron chi connectivity index (χ3n) is 13.0. The summed E-state index contributed by atoms with van der Waals surface area (Å²) in [6.07, 6.45) is -2.10. The number of benzene rings is 4. The molecule has 5 heterocycles. The van der Waals surface area contributed by atoms with Crippen LogP contribution < -0.4 is 40.3 Å². The SMILES string of the molecule is COc1cc2c(Oc3ccc(NC(=O)c4c(C)n(C)c5ccc(OC(F)(F)F)cc5c4=O)cc3F)ncnc2cc1OCC(=O)N1CCC(CC(=O)Nc2ccc3c(c2)CN(C2CCC(=O)NC2=O)C3=O)CC1. The first-order valence-corrected chi connectivity index (χ1v) is 22.8. The fourth-order valence-corrected chi connectivity index (χ4v) is 9.20. The normalized spacial score (nSPS) is 16.0. The van der Waals surface area contributed by atoms with Gasteiger partial charge in [0.05, 0.1) is 28.9 Å². The van der Waals surface area contributed by atoms with E-state index >= 15 is 4.39 Å². The number of carbonyl (C=O) groups excluding carboxylic acids is 6. The highest BCUT2D eigenvalue weighted by Gasteiger charge is 2.39. The number of carbonyl (C=O) groups is 6. The van der Waals surface area contributed by atoms with E-state index in [0.717, 1.165) is 18.2 Å². The largest absolute Gasteiger partial charge is 0.573 e. The third-order valence-corrected chi connectivity index (χ3v) is 13.0. The van der Waals surface area contributed by atoms with Gasteiger partial charge >= 0.3 is 6.36 Å². The number of halogens is 4. The molecule has 0 bridgehead atoms. The summed E-state index contributed by atoms with van der Waals surface area (Å²) in [5, 5.41) is 7.73. The molecule has 73 heavy (non-hydrogen) atoms. The van der Waals surface area contributed by atoms with Gasteiger partial charge in [-0.15, -0.1) is 13.2 Å². The molecule has 4 aromatic carbocycles. The molecule has 2 aromatic heterocycles. The molecule has 0 aliphatic carbocycles. The minimum absolute atomic E-state index is 0.00234. The van der Waals surface area contributed by atoms with Crippen molar-refractivity contribution in [1.29, 1.82) is 0 Å². The van der Waals surface area contributed by atoms with Gasteiger partial charge in [0.25, 0.3) is 17.7 Å². The van der Waals surface area contributed by atoms with Gasteiger partial charge in [-0.2, -0.15) is 0 Å². The van der Waals surface area contributed by atoms with E-state index in [1.54, 1.807) is 23.1 Å². The van der Waals surface area contributed by atoms with Gasteiger partial charge in [-0.1, -0.05) is 0 Å². The smallest absolute Gasteiger partial charge is 0.493 e. The summed E-state index contributed by atoms with van der Waals surface area (Å²) in [5.74, 6) is -4.24. The van der Waals surface area contributed by atoms with Gasteiger partial charge in [-0.3, -0.25) is 38.9 Å². The lowest BCUT2D eigenvalue weighted by Gasteiger charge is -2.31. The van der Waals surface area contributed by atoms with Crippen molar-refractivity contribution in [3.8, 4) is 28.9 Å². The minimum Gasteiger partial charge on any atom is -0.493 e. The first-order chi connectivity index (χ1) is 34.8. The zero-order valence-corrected chi connectivity index (χ0v) is 39.2. The summed E-state index contributed by atoms with van der Waals surface area (Å²) in [7, 11) is 2.91. The fraction of sp³-hybridized carbons (Fsp3) is 0.300. The molecule has 3 N–H and O–H groups in total. The number of likely N-dealkylation sites (tertiary alicyclic amines) is 1. The number of nitrogens with zero attached hydrogens (tertiary/aromatic N) is 5. The minimum atomic E-state index is -5.01. The number of methoxy groups -OCH3 is 1. The third kappa shape index (κ3) is 10.4. The topological polar surface area (TPSA) is 230 Å². The second-order valence-corrected chi connectivity index (χ2v) is 17.6. The van der Waals surface area contributed by atoms with Crippen LogP contribution in [0.4, 0.5) is 28.9 Å². The van der Waals surface area contributed by atoms with Crippen LogP contribution in [0.5, 0.6) is 28.9 Å². The number of alkyl halides is 3. The van der Waals surface area contributed by atoms with Crippen molar-refractivity contribution in [3.05, 3.63) is 111 Å². The molecule has 1 unspecified atom stereocenters. The predicted molar refractivity (Wildman–Crippen MR) is 252 cm³/mol. The number of ether oxygens (including phenoxy) is 4. The number of piperidine rings is 2. The maximum absolute atomic E-state index is 15.6. The zero-order chi connectivity index (χ0) is 51.9. The summed E-state index contributed by atoms with van der Waals surface area (Å²) in [6, 6.07) is 13.9. The van der Waals surface area contributed by atoms with E-state index in [0.29, 0.717) is 48.3 Å². The van der Waals surface area contributed by atoms with E-state index < -0.39 is 41.2 Å². The van der Waals surface area contributed by atoms with Crippen LogP contribution in [0.2, 0.25) is 0 Å². The molecule has 2 fully saturated rings. The molecular formula is C50H44F4N8O11. The number of rotatable bonds is 13. The molecule has 9 rings (SSSR count). The highest BCUT2D eigenvalue weighted by atomic mass is 19.4. The van der Waals surface area contributed by atoms with Gasteiger partial charge in [-0.25, -0.2) is 14.4 Å². The van der Waals surface area contributed by atoms with E-state index in [9.17, 15) is 46.7 Å². The number of aromatic nitrogens is 3. The second-order valence-electron chi connectivity index (χ2n) is 17.6. The van der Waals surface area contributed by atoms with E-state index in [-0.39, 0.29) is 118 Å². The molecule has 3 aliphatic heterocycles. The zero-order valence-electron chi connectivity index (χ0n) is 39.2. The van der Waals surface area contributed by atoms with Crippen LogP contribution in [0.25, 0.3) is 21.8 Å². The van der Waals surface area contributed by atoms with Crippen molar-refractivity contribution < 1.29 is 65.3 Å². The second kappa shape index (κ2) is 19.9. The van der Waals surface area contributed by atoms with Crippen LogP contribution in [0.3, 0.4) is 0 Å².